The molecule has 0 spiro atoms. The van der Waals surface area contributed by atoms with Gasteiger partial charge in [0.1, 0.15) is 29.5 Å². The predicted molar refractivity (Wildman–Crippen MR) is 107 cm³/mol. The number of hydrogen-bond donors (Lipinski definition) is 3. The molecule has 1 aliphatic rings. The number of alkyl halides is 6. The number of aromatic nitrogens is 3. The minimum atomic E-state index is -4.97. The quantitative estimate of drug-likeness (QED) is 0.462. The topological polar surface area (TPSA) is 107 Å². The third kappa shape index (κ3) is 5.13. The van der Waals surface area contributed by atoms with E-state index in [1.54, 1.807) is 0 Å². The number of benzene rings is 1. The molecule has 0 aliphatic carbocycles. The number of anilines is 1. The summed E-state index contributed by atoms with van der Waals surface area (Å²) in [7, 11) is 0. The second kappa shape index (κ2) is 8.72. The van der Waals surface area contributed by atoms with Crippen molar-refractivity contribution < 1.29 is 40.3 Å². The monoisotopic (exact) mass is 504 g/mol. The van der Waals surface area contributed by atoms with Crippen molar-refractivity contribution in [1.82, 2.24) is 25.2 Å². The summed E-state index contributed by atoms with van der Waals surface area (Å²) in [6, 6.07) is 2.17. The minimum Gasteiger partial charge on any atom is -0.406 e. The van der Waals surface area contributed by atoms with E-state index in [-0.39, 0.29) is 23.6 Å². The Balaban J connectivity index is 1.53. The van der Waals surface area contributed by atoms with Crippen molar-refractivity contribution >= 4 is 22.8 Å². The van der Waals surface area contributed by atoms with Crippen LogP contribution in [0.1, 0.15) is 16.8 Å². The van der Waals surface area contributed by atoms with Crippen LogP contribution in [0, 0.1) is 5.82 Å². The van der Waals surface area contributed by atoms with E-state index >= 15 is 0 Å². The number of fused-ring (bicyclic) bond motifs is 1. The van der Waals surface area contributed by atoms with Crippen LogP contribution in [0.4, 0.5) is 36.6 Å². The van der Waals surface area contributed by atoms with Crippen LogP contribution in [-0.2, 0) is 17.5 Å². The van der Waals surface area contributed by atoms with E-state index < -0.39 is 53.7 Å². The first-order chi connectivity index (χ1) is 16.3. The van der Waals surface area contributed by atoms with Crippen LogP contribution < -0.4 is 21.1 Å². The largest absolute Gasteiger partial charge is 0.573 e. The van der Waals surface area contributed by atoms with E-state index in [2.05, 4.69) is 25.5 Å². The van der Waals surface area contributed by atoms with Crippen molar-refractivity contribution in [3.8, 4) is 5.75 Å². The van der Waals surface area contributed by atoms with Crippen LogP contribution in [0.2, 0.25) is 0 Å². The van der Waals surface area contributed by atoms with Gasteiger partial charge in [0.15, 0.2) is 5.82 Å². The maximum absolute atomic E-state index is 14.0. The van der Waals surface area contributed by atoms with Crippen molar-refractivity contribution in [2.24, 2.45) is 0 Å². The first-order valence-corrected chi connectivity index (χ1v) is 9.79. The lowest BCUT2D eigenvalue weighted by Crippen LogP contribution is -2.40. The molecule has 0 fully saturated rings. The number of carbonyl (C=O) groups is 1. The van der Waals surface area contributed by atoms with Gasteiger partial charge in [0.05, 0.1) is 11.3 Å². The van der Waals surface area contributed by atoms with Crippen LogP contribution in [0.15, 0.2) is 36.7 Å². The molecule has 1 atom stereocenters. The first kappa shape index (κ1) is 24.3. The molecule has 186 valence electrons. The van der Waals surface area contributed by atoms with Gasteiger partial charge in [-0.2, -0.15) is 18.3 Å². The highest BCUT2D eigenvalue weighted by molar-refractivity contribution is 5.89. The number of nitrogen functional groups attached to an aromatic ring is 1. The average Bonchev–Trinajstić information content (AvgIpc) is 3.38. The molecule has 1 amide bonds. The Morgan fingerprint density at radius 2 is 1.97 bits per heavy atom. The van der Waals surface area contributed by atoms with Crippen molar-refractivity contribution in [1.29, 1.82) is 0 Å². The van der Waals surface area contributed by atoms with Crippen LogP contribution in [0.5, 0.6) is 5.75 Å². The second-order valence-electron chi connectivity index (χ2n) is 7.42. The van der Waals surface area contributed by atoms with Gasteiger partial charge >= 0.3 is 12.5 Å². The zero-order chi connectivity index (χ0) is 25.5. The molecule has 3 heterocycles. The molecular weight excluding hydrogens is 489 g/mol. The summed E-state index contributed by atoms with van der Waals surface area (Å²) in [5.74, 6) is -2.59. The fourth-order valence-corrected chi connectivity index (χ4v) is 3.57. The molecule has 0 saturated heterocycles. The second-order valence-corrected chi connectivity index (χ2v) is 7.42. The Morgan fingerprint density at radius 1 is 1.23 bits per heavy atom. The molecule has 2 aromatic heterocycles. The van der Waals surface area contributed by atoms with Crippen LogP contribution in [-0.4, -0.2) is 39.5 Å². The summed E-state index contributed by atoms with van der Waals surface area (Å²) in [5, 5.41) is 8.98. The van der Waals surface area contributed by atoms with E-state index in [1.807, 2.05) is 0 Å². The lowest BCUT2D eigenvalue weighted by atomic mass is 10.1. The van der Waals surface area contributed by atoms with Gasteiger partial charge in [-0.1, -0.05) is 6.08 Å². The van der Waals surface area contributed by atoms with Crippen molar-refractivity contribution in [3.05, 3.63) is 59.3 Å². The maximum Gasteiger partial charge on any atom is 0.573 e. The molecule has 8 nitrogen and oxygen atoms in total. The predicted octanol–water partition coefficient (Wildman–Crippen LogP) is 3.04. The molecule has 35 heavy (non-hydrogen) atoms. The zero-order valence-corrected chi connectivity index (χ0v) is 17.3. The van der Waals surface area contributed by atoms with Gasteiger partial charge in [0, 0.05) is 18.7 Å². The smallest absolute Gasteiger partial charge is 0.406 e. The zero-order valence-electron chi connectivity index (χ0n) is 17.3. The van der Waals surface area contributed by atoms with Crippen LogP contribution in [0.3, 0.4) is 0 Å². The third-order valence-electron chi connectivity index (χ3n) is 5.08. The molecule has 4 rings (SSSR count). The summed E-state index contributed by atoms with van der Waals surface area (Å²) in [4.78, 5) is 16.1. The van der Waals surface area contributed by atoms with Gasteiger partial charge in [-0.3, -0.25) is 10.1 Å². The highest BCUT2D eigenvalue weighted by Gasteiger charge is 2.37. The van der Waals surface area contributed by atoms with E-state index in [0.717, 1.165) is 35.1 Å². The highest BCUT2D eigenvalue weighted by atomic mass is 19.4. The number of ether oxygens (including phenoxy) is 1. The van der Waals surface area contributed by atoms with E-state index in [4.69, 9.17) is 5.73 Å². The Kier molecular flexibility index (Phi) is 6.04. The summed E-state index contributed by atoms with van der Waals surface area (Å²) >= 11 is 0. The number of nitrogens with zero attached hydrogens (tertiary/aromatic N) is 3. The minimum absolute atomic E-state index is 0.00528. The van der Waals surface area contributed by atoms with E-state index in [1.165, 1.54) is 6.08 Å². The summed E-state index contributed by atoms with van der Waals surface area (Å²) in [6.07, 6.45) is -7.36. The van der Waals surface area contributed by atoms with Gasteiger partial charge in [0.25, 0.3) is 0 Å². The van der Waals surface area contributed by atoms with E-state index in [0.29, 0.717) is 5.57 Å². The molecular formula is C20H15F7N6O2. The molecule has 0 bridgehead atoms. The fraction of sp³-hybridized carbons (Fsp3) is 0.250. The Morgan fingerprint density at radius 3 is 2.66 bits per heavy atom. The highest BCUT2D eigenvalue weighted by Crippen LogP contribution is 2.37. The van der Waals surface area contributed by atoms with Gasteiger partial charge in [-0.15, -0.1) is 13.2 Å². The van der Waals surface area contributed by atoms with Crippen molar-refractivity contribution in [2.75, 3.05) is 12.3 Å². The lowest BCUT2D eigenvalue weighted by Gasteiger charge is -2.13. The van der Waals surface area contributed by atoms with E-state index in [9.17, 15) is 35.5 Å². The number of halogens is 7. The fourth-order valence-electron chi connectivity index (χ4n) is 3.57. The van der Waals surface area contributed by atoms with Crippen molar-refractivity contribution in [3.63, 3.8) is 0 Å². The van der Waals surface area contributed by atoms with Gasteiger partial charge in [-0.05, 0) is 29.8 Å². The number of nitrogens with two attached hydrogens (primary N) is 1. The molecule has 1 aliphatic heterocycles. The van der Waals surface area contributed by atoms with Crippen LogP contribution >= 0.6 is 0 Å². The standard InChI is InChI=1S/C20H15F7N6O2/c21-13-2-1-11(35-20(25,26)27)3-9(13)6-30-18(34)14-4-10(7-29-14)15-5-12(19(22,23)24)16-17(28)31-8-32-33(15)16/h1-5,8,14,29H,6-7H2,(H,30,34)(H2,28,31,32). The molecule has 0 radical (unpaired) electrons. The molecule has 0 saturated carbocycles. The van der Waals surface area contributed by atoms with Crippen LogP contribution in [0.25, 0.3) is 11.1 Å². The number of nitrogens with one attached hydrogen (secondary N) is 2. The number of carbonyl (C=O) groups excluding carboxylic acids is 1. The average molecular weight is 504 g/mol. The Hall–Kier alpha value is -3.88. The number of hydrogen-bond acceptors (Lipinski definition) is 6. The van der Waals surface area contributed by atoms with Gasteiger partial charge in [0.2, 0.25) is 5.91 Å². The van der Waals surface area contributed by atoms with Gasteiger partial charge < -0.3 is 15.8 Å². The normalized spacial score (nSPS) is 16.4. The molecule has 1 unspecified atom stereocenters. The SMILES string of the molecule is Nc1ncnn2c(C3=CC(C(=O)NCc4cc(OC(F)(F)F)ccc4F)NC3)cc(C(F)(F)F)c12. The lowest BCUT2D eigenvalue weighted by molar-refractivity contribution is -0.274. The molecule has 3 aromatic rings. The molecule has 15 heteroatoms. The molecule has 4 N–H and O–H groups in total. The number of rotatable bonds is 5. The first-order valence-electron chi connectivity index (χ1n) is 9.79. The number of amides is 1. The summed E-state index contributed by atoms with van der Waals surface area (Å²) < 4.78 is 96.3. The van der Waals surface area contributed by atoms with Gasteiger partial charge in [-0.25, -0.2) is 13.9 Å². The summed E-state index contributed by atoms with van der Waals surface area (Å²) in [6.45, 7) is -0.466. The molecule has 1 aromatic carbocycles. The third-order valence-corrected chi connectivity index (χ3v) is 5.08. The Bertz CT molecular complexity index is 1320. The maximum atomic E-state index is 14.0. The Labute approximate surface area is 191 Å². The van der Waals surface area contributed by atoms with Crippen molar-refractivity contribution in [2.45, 2.75) is 25.1 Å². The summed E-state index contributed by atoms with van der Waals surface area (Å²) in [5.41, 5.74) is 4.22.